The molecule has 0 fully saturated rings. The Kier molecular flexibility index (Phi) is 5.05. The molecule has 0 saturated heterocycles. The number of hydrogen-bond donors (Lipinski definition) is 0. The van der Waals surface area contributed by atoms with Crippen LogP contribution in [0.1, 0.15) is 16.8 Å². The first-order valence-corrected chi connectivity index (χ1v) is 5.59. The van der Waals surface area contributed by atoms with Crippen LogP contribution in [0.5, 0.6) is 5.75 Å². The van der Waals surface area contributed by atoms with E-state index in [1.807, 2.05) is 0 Å². The Morgan fingerprint density at radius 3 is 2.87 bits per heavy atom. The van der Waals surface area contributed by atoms with Crippen LogP contribution in [0.15, 0.2) is 22.7 Å². The molecule has 0 aromatic heterocycles. The van der Waals surface area contributed by atoms with Crippen molar-refractivity contribution in [2.75, 3.05) is 12.7 Å². The molecule has 0 spiro atoms. The predicted octanol–water partition coefficient (Wildman–Crippen LogP) is 3.57. The molecule has 1 aromatic carbocycles. The van der Waals surface area contributed by atoms with E-state index in [4.69, 9.17) is 16.3 Å². The van der Waals surface area contributed by atoms with Gasteiger partial charge >= 0.3 is 0 Å². The summed E-state index contributed by atoms with van der Waals surface area (Å²) < 4.78 is 17.5. The lowest BCUT2D eigenvalue weighted by molar-refractivity contribution is 0.0982. The highest BCUT2D eigenvalue weighted by Crippen LogP contribution is 2.25. The lowest BCUT2D eigenvalue weighted by Gasteiger charge is -2.07. The zero-order valence-electron chi connectivity index (χ0n) is 7.80. The SMILES string of the molecule is O=C(CCCl)c1ccc(Br)cc1OCF. The summed E-state index contributed by atoms with van der Waals surface area (Å²) in [7, 11) is 0. The Labute approximate surface area is 101 Å². The molecule has 0 N–H and O–H groups in total. The Bertz CT molecular complexity index is 357. The number of halogens is 3. The first kappa shape index (κ1) is 12.5. The van der Waals surface area contributed by atoms with Gasteiger partial charge in [-0.3, -0.25) is 4.79 Å². The zero-order valence-corrected chi connectivity index (χ0v) is 10.1. The van der Waals surface area contributed by atoms with E-state index in [0.717, 1.165) is 4.47 Å². The second kappa shape index (κ2) is 6.08. The Morgan fingerprint density at radius 2 is 2.27 bits per heavy atom. The standard InChI is InChI=1S/C10H9BrClFO2/c11-7-1-2-8(9(14)3-4-12)10(5-7)15-6-13/h1-2,5H,3-4,6H2. The first-order chi connectivity index (χ1) is 7.19. The summed E-state index contributed by atoms with van der Waals surface area (Å²) in [6, 6.07) is 4.84. The number of carbonyl (C=O) groups is 1. The van der Waals surface area contributed by atoms with Crippen LogP contribution < -0.4 is 4.74 Å². The average molecular weight is 296 g/mol. The quantitative estimate of drug-likeness (QED) is 0.613. The number of carbonyl (C=O) groups excluding carboxylic acids is 1. The molecule has 0 heterocycles. The van der Waals surface area contributed by atoms with E-state index in [9.17, 15) is 9.18 Å². The van der Waals surface area contributed by atoms with Crippen molar-refractivity contribution in [2.24, 2.45) is 0 Å². The van der Waals surface area contributed by atoms with Crippen LogP contribution in [0.4, 0.5) is 4.39 Å². The van der Waals surface area contributed by atoms with Gasteiger partial charge in [-0.15, -0.1) is 11.6 Å². The minimum absolute atomic E-state index is 0.152. The van der Waals surface area contributed by atoms with Crippen molar-refractivity contribution >= 4 is 33.3 Å². The molecule has 0 aliphatic rings. The Morgan fingerprint density at radius 1 is 1.53 bits per heavy atom. The van der Waals surface area contributed by atoms with E-state index in [1.165, 1.54) is 0 Å². The van der Waals surface area contributed by atoms with Gasteiger partial charge in [0, 0.05) is 16.8 Å². The zero-order chi connectivity index (χ0) is 11.3. The van der Waals surface area contributed by atoms with Crippen LogP contribution in [0.3, 0.4) is 0 Å². The fraction of sp³-hybridized carbons (Fsp3) is 0.300. The molecule has 0 aliphatic carbocycles. The highest BCUT2D eigenvalue weighted by molar-refractivity contribution is 9.10. The van der Waals surface area contributed by atoms with Crippen molar-refractivity contribution in [3.63, 3.8) is 0 Å². The molecule has 0 radical (unpaired) electrons. The minimum Gasteiger partial charge on any atom is -0.462 e. The van der Waals surface area contributed by atoms with Crippen LogP contribution >= 0.6 is 27.5 Å². The lowest BCUT2D eigenvalue weighted by atomic mass is 10.1. The second-order valence-electron chi connectivity index (χ2n) is 2.76. The smallest absolute Gasteiger partial charge is 0.228 e. The Hall–Kier alpha value is -0.610. The summed E-state index contributed by atoms with van der Waals surface area (Å²) in [6.45, 7) is -0.961. The highest BCUT2D eigenvalue weighted by Gasteiger charge is 2.12. The molecule has 15 heavy (non-hydrogen) atoms. The van der Waals surface area contributed by atoms with Gasteiger partial charge in [-0.2, -0.15) is 0 Å². The number of ether oxygens (including phenoxy) is 1. The van der Waals surface area contributed by atoms with Gasteiger partial charge in [-0.1, -0.05) is 15.9 Å². The fourth-order valence-electron chi connectivity index (χ4n) is 1.13. The number of benzene rings is 1. The molecule has 0 amide bonds. The molecule has 1 aromatic rings. The normalized spacial score (nSPS) is 10.1. The van der Waals surface area contributed by atoms with Gasteiger partial charge < -0.3 is 4.74 Å². The van der Waals surface area contributed by atoms with Crippen molar-refractivity contribution in [3.8, 4) is 5.75 Å². The molecular formula is C10H9BrClFO2. The first-order valence-electron chi connectivity index (χ1n) is 4.26. The average Bonchev–Trinajstić information content (AvgIpc) is 2.18. The maximum atomic E-state index is 12.1. The maximum absolute atomic E-state index is 12.1. The molecule has 0 atom stereocenters. The molecule has 0 aliphatic heterocycles. The van der Waals surface area contributed by atoms with Crippen molar-refractivity contribution < 1.29 is 13.9 Å². The summed E-state index contributed by atoms with van der Waals surface area (Å²) in [4.78, 5) is 11.5. The summed E-state index contributed by atoms with van der Waals surface area (Å²) in [6.07, 6.45) is 0.214. The predicted molar refractivity (Wildman–Crippen MR) is 60.4 cm³/mol. The van der Waals surface area contributed by atoms with Crippen LogP contribution in [0.25, 0.3) is 0 Å². The van der Waals surface area contributed by atoms with E-state index in [1.54, 1.807) is 18.2 Å². The monoisotopic (exact) mass is 294 g/mol. The molecule has 1 rings (SSSR count). The number of hydrogen-bond acceptors (Lipinski definition) is 2. The van der Waals surface area contributed by atoms with Gasteiger partial charge in [-0.25, -0.2) is 4.39 Å². The fourth-order valence-corrected chi connectivity index (χ4v) is 1.64. The van der Waals surface area contributed by atoms with Gasteiger partial charge in [-0.05, 0) is 18.2 Å². The van der Waals surface area contributed by atoms with E-state index in [2.05, 4.69) is 15.9 Å². The van der Waals surface area contributed by atoms with Crippen molar-refractivity contribution in [3.05, 3.63) is 28.2 Å². The molecular weight excluding hydrogens is 286 g/mol. The summed E-state index contributed by atoms with van der Waals surface area (Å²) in [5, 5.41) is 0. The molecule has 5 heteroatoms. The maximum Gasteiger partial charge on any atom is 0.228 e. The van der Waals surface area contributed by atoms with Gasteiger partial charge in [0.2, 0.25) is 6.86 Å². The number of alkyl halides is 2. The third kappa shape index (κ3) is 3.47. The summed E-state index contributed by atoms with van der Waals surface area (Å²) >= 11 is 8.68. The summed E-state index contributed by atoms with van der Waals surface area (Å²) in [5.74, 6) is 0.326. The summed E-state index contributed by atoms with van der Waals surface area (Å²) in [5.41, 5.74) is 0.358. The van der Waals surface area contributed by atoms with Gasteiger partial charge in [0.15, 0.2) is 5.78 Å². The van der Waals surface area contributed by atoms with E-state index in [0.29, 0.717) is 5.56 Å². The van der Waals surface area contributed by atoms with E-state index < -0.39 is 6.86 Å². The van der Waals surface area contributed by atoms with Gasteiger partial charge in [0.1, 0.15) is 5.75 Å². The third-order valence-electron chi connectivity index (χ3n) is 1.78. The molecule has 0 saturated carbocycles. The topological polar surface area (TPSA) is 26.3 Å². The number of rotatable bonds is 5. The molecule has 82 valence electrons. The van der Waals surface area contributed by atoms with Gasteiger partial charge in [0.25, 0.3) is 0 Å². The number of ketones is 1. The molecule has 2 nitrogen and oxygen atoms in total. The second-order valence-corrected chi connectivity index (χ2v) is 4.05. The number of Topliss-reactive ketones (excluding diaryl/α,β-unsaturated/α-hetero) is 1. The minimum atomic E-state index is -0.961. The van der Waals surface area contributed by atoms with E-state index in [-0.39, 0.29) is 23.8 Å². The van der Waals surface area contributed by atoms with Crippen LogP contribution in [0.2, 0.25) is 0 Å². The lowest BCUT2D eigenvalue weighted by Crippen LogP contribution is -2.04. The largest absolute Gasteiger partial charge is 0.462 e. The molecule has 0 bridgehead atoms. The van der Waals surface area contributed by atoms with Crippen LogP contribution in [-0.4, -0.2) is 18.5 Å². The van der Waals surface area contributed by atoms with Crippen LogP contribution in [0, 0.1) is 0 Å². The van der Waals surface area contributed by atoms with E-state index >= 15 is 0 Å². The van der Waals surface area contributed by atoms with Crippen molar-refractivity contribution in [1.29, 1.82) is 0 Å². The van der Waals surface area contributed by atoms with Crippen LogP contribution in [-0.2, 0) is 0 Å². The Balaban J connectivity index is 2.99. The third-order valence-corrected chi connectivity index (χ3v) is 2.46. The highest BCUT2D eigenvalue weighted by atomic mass is 79.9. The van der Waals surface area contributed by atoms with Gasteiger partial charge in [0.05, 0.1) is 5.56 Å². The molecule has 0 unspecified atom stereocenters. The van der Waals surface area contributed by atoms with Crippen molar-refractivity contribution in [2.45, 2.75) is 6.42 Å². The van der Waals surface area contributed by atoms with Crippen molar-refractivity contribution in [1.82, 2.24) is 0 Å².